The van der Waals surface area contributed by atoms with Gasteiger partial charge in [0.2, 0.25) is 5.78 Å². The Morgan fingerprint density at radius 3 is 2.45 bits per heavy atom. The summed E-state index contributed by atoms with van der Waals surface area (Å²) in [6.45, 7) is 0. The largest absolute Gasteiger partial charge is 0.456 e. The molecule has 0 atom stereocenters. The molecule has 0 unspecified atom stereocenters. The van der Waals surface area contributed by atoms with Crippen molar-refractivity contribution in [1.29, 1.82) is 0 Å². The lowest BCUT2D eigenvalue weighted by Gasteiger charge is -2.01. The SMILES string of the molecule is O=C(/C=C/c1ccc(-c2ccccc2[N+](=O)[O-])o1)c1ccc(-c2cc(Cl)ccc2Cl)o1. The van der Waals surface area contributed by atoms with E-state index in [1.54, 1.807) is 60.7 Å². The van der Waals surface area contributed by atoms with Gasteiger partial charge in [-0.25, -0.2) is 0 Å². The zero-order valence-corrected chi connectivity index (χ0v) is 17.3. The van der Waals surface area contributed by atoms with E-state index in [2.05, 4.69) is 0 Å². The van der Waals surface area contributed by atoms with Crippen LogP contribution < -0.4 is 0 Å². The van der Waals surface area contributed by atoms with Crippen molar-refractivity contribution < 1.29 is 18.6 Å². The number of allylic oxidation sites excluding steroid dienone is 1. The van der Waals surface area contributed by atoms with Gasteiger partial charge < -0.3 is 8.83 Å². The summed E-state index contributed by atoms with van der Waals surface area (Å²) in [7, 11) is 0. The predicted octanol–water partition coefficient (Wildman–Crippen LogP) is 7.32. The number of carbonyl (C=O) groups is 1. The molecule has 154 valence electrons. The molecular formula is C23H13Cl2NO5. The third kappa shape index (κ3) is 4.45. The van der Waals surface area contributed by atoms with Crippen LogP contribution in [0.2, 0.25) is 10.0 Å². The van der Waals surface area contributed by atoms with Gasteiger partial charge in [0.15, 0.2) is 5.76 Å². The molecule has 0 spiro atoms. The minimum Gasteiger partial charge on any atom is -0.456 e. The molecule has 0 aliphatic heterocycles. The second-order valence-corrected chi connectivity index (χ2v) is 7.31. The van der Waals surface area contributed by atoms with Crippen molar-refractivity contribution in [3.63, 3.8) is 0 Å². The van der Waals surface area contributed by atoms with E-state index in [1.807, 2.05) is 0 Å². The first-order valence-corrected chi connectivity index (χ1v) is 9.79. The normalized spacial score (nSPS) is 11.2. The van der Waals surface area contributed by atoms with Crippen molar-refractivity contribution in [2.24, 2.45) is 0 Å². The molecule has 0 radical (unpaired) electrons. The first-order chi connectivity index (χ1) is 14.9. The third-order valence-corrected chi connectivity index (χ3v) is 5.00. The second-order valence-electron chi connectivity index (χ2n) is 6.46. The minimum absolute atomic E-state index is 0.0637. The van der Waals surface area contributed by atoms with Crippen LogP contribution in [0.25, 0.3) is 28.7 Å². The van der Waals surface area contributed by atoms with Crippen LogP contribution in [0, 0.1) is 10.1 Å². The summed E-state index contributed by atoms with van der Waals surface area (Å²) in [6, 6.07) is 17.6. The molecule has 0 bridgehead atoms. The third-order valence-electron chi connectivity index (χ3n) is 4.43. The van der Waals surface area contributed by atoms with Crippen LogP contribution in [0.15, 0.2) is 81.6 Å². The monoisotopic (exact) mass is 453 g/mol. The molecule has 0 saturated heterocycles. The highest BCUT2D eigenvalue weighted by atomic mass is 35.5. The highest BCUT2D eigenvalue weighted by Gasteiger charge is 2.17. The number of para-hydroxylation sites is 1. The van der Waals surface area contributed by atoms with Crippen LogP contribution in [0.5, 0.6) is 0 Å². The zero-order valence-electron chi connectivity index (χ0n) is 15.7. The summed E-state index contributed by atoms with van der Waals surface area (Å²) in [6.07, 6.45) is 2.76. The molecule has 31 heavy (non-hydrogen) atoms. The number of carbonyl (C=O) groups excluding carboxylic acids is 1. The van der Waals surface area contributed by atoms with Crippen LogP contribution in [-0.2, 0) is 0 Å². The summed E-state index contributed by atoms with van der Waals surface area (Å²) in [4.78, 5) is 23.2. The Kier molecular flexibility index (Phi) is 5.75. The Labute approximate surface area is 186 Å². The van der Waals surface area contributed by atoms with Gasteiger partial charge in [-0.1, -0.05) is 35.3 Å². The molecule has 4 aromatic rings. The summed E-state index contributed by atoms with van der Waals surface area (Å²) in [5, 5.41) is 12.1. The Hall–Kier alpha value is -3.61. The standard InChI is InChI=1S/C23H13Cl2NO5/c24-14-5-8-18(25)17(13-14)22-11-12-23(31-22)20(27)9-6-15-7-10-21(30-15)16-3-1-2-4-19(16)26(28)29/h1-13H/b9-6+. The molecule has 8 heteroatoms. The highest BCUT2D eigenvalue weighted by Crippen LogP contribution is 2.33. The van der Waals surface area contributed by atoms with Crippen molar-refractivity contribution in [2.45, 2.75) is 0 Å². The lowest BCUT2D eigenvalue weighted by atomic mass is 10.1. The van der Waals surface area contributed by atoms with E-state index in [4.69, 9.17) is 32.0 Å². The average Bonchev–Trinajstić information content (AvgIpc) is 3.44. The number of nitro groups is 1. The van der Waals surface area contributed by atoms with Gasteiger partial charge in [0.05, 0.1) is 15.5 Å². The van der Waals surface area contributed by atoms with Gasteiger partial charge in [-0.3, -0.25) is 14.9 Å². The number of hydrogen-bond donors (Lipinski definition) is 0. The molecule has 0 N–H and O–H groups in total. The smallest absolute Gasteiger partial charge is 0.280 e. The minimum atomic E-state index is -0.475. The van der Waals surface area contributed by atoms with E-state index in [1.165, 1.54) is 18.2 Å². The van der Waals surface area contributed by atoms with Crippen molar-refractivity contribution in [2.75, 3.05) is 0 Å². The van der Waals surface area contributed by atoms with E-state index in [-0.39, 0.29) is 17.2 Å². The number of halogens is 2. The molecule has 0 aliphatic carbocycles. The van der Waals surface area contributed by atoms with E-state index in [9.17, 15) is 14.9 Å². The Morgan fingerprint density at radius 1 is 0.903 bits per heavy atom. The second kappa shape index (κ2) is 8.63. The van der Waals surface area contributed by atoms with Crippen molar-refractivity contribution in [1.82, 2.24) is 0 Å². The van der Waals surface area contributed by atoms with Crippen molar-refractivity contribution in [3.8, 4) is 22.6 Å². The van der Waals surface area contributed by atoms with Gasteiger partial charge in [0.1, 0.15) is 17.3 Å². The summed E-state index contributed by atoms with van der Waals surface area (Å²) in [5.74, 6) is 0.850. The fourth-order valence-electron chi connectivity index (χ4n) is 2.97. The Balaban J connectivity index is 1.53. The summed E-state index contributed by atoms with van der Waals surface area (Å²) < 4.78 is 11.3. The van der Waals surface area contributed by atoms with E-state index < -0.39 is 4.92 Å². The van der Waals surface area contributed by atoms with Gasteiger partial charge in [-0.2, -0.15) is 0 Å². The number of nitrogens with zero attached hydrogens (tertiary/aromatic N) is 1. The topological polar surface area (TPSA) is 86.5 Å². The van der Waals surface area contributed by atoms with E-state index >= 15 is 0 Å². The molecule has 0 aliphatic rings. The summed E-state index contributed by atoms with van der Waals surface area (Å²) >= 11 is 12.2. The fraction of sp³-hybridized carbons (Fsp3) is 0. The average molecular weight is 454 g/mol. The molecule has 2 aromatic carbocycles. The van der Waals surface area contributed by atoms with Gasteiger partial charge in [-0.05, 0) is 60.7 Å². The highest BCUT2D eigenvalue weighted by molar-refractivity contribution is 6.35. The Bertz CT molecular complexity index is 1320. The quantitative estimate of drug-likeness (QED) is 0.132. The molecule has 6 nitrogen and oxygen atoms in total. The molecule has 0 fully saturated rings. The Morgan fingerprint density at radius 2 is 1.65 bits per heavy atom. The van der Waals surface area contributed by atoms with Crippen LogP contribution in [0.3, 0.4) is 0 Å². The number of hydrogen-bond acceptors (Lipinski definition) is 5. The molecule has 0 amide bonds. The molecular weight excluding hydrogens is 441 g/mol. The van der Waals surface area contributed by atoms with Gasteiger partial charge in [0, 0.05) is 16.7 Å². The summed E-state index contributed by atoms with van der Waals surface area (Å²) in [5.41, 5.74) is 0.871. The number of nitro benzene ring substituents is 1. The van der Waals surface area contributed by atoms with Crippen LogP contribution in [-0.4, -0.2) is 10.7 Å². The molecule has 4 rings (SSSR count). The van der Waals surface area contributed by atoms with E-state index in [0.717, 1.165) is 0 Å². The first-order valence-electron chi connectivity index (χ1n) is 9.03. The number of rotatable bonds is 6. The first kappa shape index (κ1) is 20.7. The van der Waals surface area contributed by atoms with Crippen LogP contribution >= 0.6 is 23.2 Å². The van der Waals surface area contributed by atoms with Gasteiger partial charge >= 0.3 is 0 Å². The van der Waals surface area contributed by atoms with Crippen LogP contribution in [0.1, 0.15) is 16.3 Å². The fourth-order valence-corrected chi connectivity index (χ4v) is 3.35. The lowest BCUT2D eigenvalue weighted by molar-refractivity contribution is -0.384. The molecule has 2 heterocycles. The maximum atomic E-state index is 12.5. The predicted molar refractivity (Wildman–Crippen MR) is 118 cm³/mol. The van der Waals surface area contributed by atoms with E-state index in [0.29, 0.717) is 38.5 Å². The van der Waals surface area contributed by atoms with Crippen molar-refractivity contribution >= 4 is 40.7 Å². The number of furan rings is 2. The van der Waals surface area contributed by atoms with Gasteiger partial charge in [-0.15, -0.1) is 0 Å². The van der Waals surface area contributed by atoms with Crippen molar-refractivity contribution in [3.05, 3.63) is 104 Å². The zero-order chi connectivity index (χ0) is 22.0. The lowest BCUT2D eigenvalue weighted by Crippen LogP contribution is -1.90. The van der Waals surface area contributed by atoms with Crippen LogP contribution in [0.4, 0.5) is 5.69 Å². The van der Waals surface area contributed by atoms with Gasteiger partial charge in [0.25, 0.3) is 5.69 Å². The molecule has 0 saturated carbocycles. The maximum absolute atomic E-state index is 12.5. The molecule has 2 aromatic heterocycles. The number of ketones is 1. The maximum Gasteiger partial charge on any atom is 0.280 e. The number of benzene rings is 2.